The van der Waals surface area contributed by atoms with Crippen molar-refractivity contribution < 1.29 is 17.9 Å². The Hall–Kier alpha value is -3.27. The Morgan fingerprint density at radius 2 is 1.78 bits per heavy atom. The number of anilines is 3. The van der Waals surface area contributed by atoms with Crippen molar-refractivity contribution in [2.45, 2.75) is 32.4 Å². The standard InChI is InChI=1S/C22H23F3N6O/c1-14-11-15-5-2-3-9-32-10-8-26-20-29-19(30-21(31-20)27-16(12-14)13-15)17-6-4-7-18(28-17)22(23,24)25/h4,6-7,11-13H,2-3,5,8-10H2,1H3,(H2,26,27,29,30,31). The highest BCUT2D eigenvalue weighted by molar-refractivity contribution is 5.60. The minimum atomic E-state index is -4.56. The fraction of sp³-hybridized carbons (Fsp3) is 0.364. The molecule has 7 nitrogen and oxygen atoms in total. The van der Waals surface area contributed by atoms with Gasteiger partial charge in [0.1, 0.15) is 11.4 Å². The monoisotopic (exact) mass is 444 g/mol. The van der Waals surface area contributed by atoms with Gasteiger partial charge >= 0.3 is 6.18 Å². The molecule has 0 aliphatic carbocycles. The van der Waals surface area contributed by atoms with Gasteiger partial charge in [-0.2, -0.15) is 28.1 Å². The molecule has 0 amide bonds. The van der Waals surface area contributed by atoms with Gasteiger partial charge in [-0.25, -0.2) is 4.98 Å². The minimum absolute atomic E-state index is 0.00687. The van der Waals surface area contributed by atoms with E-state index in [1.54, 1.807) is 0 Å². The van der Waals surface area contributed by atoms with Gasteiger partial charge in [0.2, 0.25) is 11.9 Å². The number of benzene rings is 1. The number of aryl methyl sites for hydroxylation is 2. The third kappa shape index (κ3) is 5.70. The van der Waals surface area contributed by atoms with Crippen LogP contribution in [0.5, 0.6) is 0 Å². The third-order valence-electron chi connectivity index (χ3n) is 4.83. The lowest BCUT2D eigenvalue weighted by atomic mass is 10.0. The maximum atomic E-state index is 13.1. The van der Waals surface area contributed by atoms with Crippen LogP contribution in [0.25, 0.3) is 11.5 Å². The van der Waals surface area contributed by atoms with Crippen molar-refractivity contribution >= 4 is 17.6 Å². The highest BCUT2D eigenvalue weighted by Crippen LogP contribution is 2.29. The summed E-state index contributed by atoms with van der Waals surface area (Å²) in [6.45, 7) is 3.56. The van der Waals surface area contributed by atoms with Crippen LogP contribution in [0.2, 0.25) is 0 Å². The van der Waals surface area contributed by atoms with E-state index in [4.69, 9.17) is 4.74 Å². The second-order valence-electron chi connectivity index (χ2n) is 7.54. The number of halogens is 3. The van der Waals surface area contributed by atoms with Crippen molar-refractivity contribution in [2.24, 2.45) is 0 Å². The molecule has 0 atom stereocenters. The van der Waals surface area contributed by atoms with Crippen molar-refractivity contribution in [3.8, 4) is 11.5 Å². The molecule has 168 valence electrons. The molecule has 1 aliphatic rings. The van der Waals surface area contributed by atoms with E-state index in [1.165, 1.54) is 17.7 Å². The normalized spacial score (nSPS) is 15.1. The van der Waals surface area contributed by atoms with Crippen LogP contribution in [0.4, 0.5) is 30.8 Å². The summed E-state index contributed by atoms with van der Waals surface area (Å²) in [6, 6.07) is 9.74. The lowest BCUT2D eigenvalue weighted by Gasteiger charge is -2.12. The molecule has 3 aromatic rings. The van der Waals surface area contributed by atoms with Gasteiger partial charge in [-0.15, -0.1) is 0 Å². The Morgan fingerprint density at radius 3 is 2.62 bits per heavy atom. The average Bonchev–Trinajstić information content (AvgIpc) is 2.74. The third-order valence-corrected chi connectivity index (χ3v) is 4.83. The highest BCUT2D eigenvalue weighted by atomic mass is 19.4. The first-order chi connectivity index (χ1) is 15.4. The lowest BCUT2D eigenvalue weighted by Crippen LogP contribution is -2.14. The van der Waals surface area contributed by atoms with Gasteiger partial charge in [0.15, 0.2) is 5.82 Å². The van der Waals surface area contributed by atoms with Crippen LogP contribution in [-0.2, 0) is 17.3 Å². The summed E-state index contributed by atoms with van der Waals surface area (Å²) < 4.78 is 45.0. The molecule has 4 bridgehead atoms. The predicted octanol–water partition coefficient (Wildman–Crippen LogP) is 4.77. The van der Waals surface area contributed by atoms with Crippen molar-refractivity contribution in [3.63, 3.8) is 0 Å². The number of pyridine rings is 1. The molecule has 4 rings (SSSR count). The summed E-state index contributed by atoms with van der Waals surface area (Å²) in [5, 5.41) is 6.22. The fourth-order valence-corrected chi connectivity index (χ4v) is 3.42. The second kappa shape index (κ2) is 9.47. The van der Waals surface area contributed by atoms with Gasteiger partial charge in [0.25, 0.3) is 0 Å². The zero-order chi connectivity index (χ0) is 22.6. The number of rotatable bonds is 1. The molecule has 1 aromatic carbocycles. The van der Waals surface area contributed by atoms with E-state index >= 15 is 0 Å². The molecule has 0 spiro atoms. The van der Waals surface area contributed by atoms with Crippen LogP contribution in [0.3, 0.4) is 0 Å². The van der Waals surface area contributed by atoms with Gasteiger partial charge in [-0.1, -0.05) is 12.1 Å². The molecule has 0 fully saturated rings. The van der Waals surface area contributed by atoms with E-state index in [0.29, 0.717) is 19.8 Å². The average molecular weight is 444 g/mol. The second-order valence-corrected chi connectivity index (χ2v) is 7.54. The van der Waals surface area contributed by atoms with E-state index in [0.717, 1.165) is 36.6 Å². The number of nitrogens with zero attached hydrogens (tertiary/aromatic N) is 4. The lowest BCUT2D eigenvalue weighted by molar-refractivity contribution is -0.141. The largest absolute Gasteiger partial charge is 0.433 e. The smallest absolute Gasteiger partial charge is 0.380 e. The molecule has 2 aromatic heterocycles. The fourth-order valence-electron chi connectivity index (χ4n) is 3.42. The van der Waals surface area contributed by atoms with E-state index < -0.39 is 11.9 Å². The van der Waals surface area contributed by atoms with Crippen molar-refractivity contribution in [1.29, 1.82) is 0 Å². The molecule has 10 heteroatoms. The number of aromatic nitrogens is 4. The first kappa shape index (κ1) is 21.9. The van der Waals surface area contributed by atoms with E-state index in [-0.39, 0.29) is 23.4 Å². The first-order valence-corrected chi connectivity index (χ1v) is 10.4. The number of ether oxygens (including phenoxy) is 1. The van der Waals surface area contributed by atoms with Crippen LogP contribution in [-0.4, -0.2) is 39.7 Å². The molecule has 3 heterocycles. The summed E-state index contributed by atoms with van der Waals surface area (Å²) in [5.41, 5.74) is 2.06. The number of hydrogen-bond donors (Lipinski definition) is 2. The van der Waals surface area contributed by atoms with E-state index in [1.807, 2.05) is 19.1 Å². The van der Waals surface area contributed by atoms with Crippen LogP contribution in [0.15, 0.2) is 36.4 Å². The number of alkyl halides is 3. The number of nitrogens with one attached hydrogen (secondary N) is 2. The van der Waals surface area contributed by atoms with Gasteiger partial charge in [0.05, 0.1) is 6.61 Å². The Morgan fingerprint density at radius 1 is 0.938 bits per heavy atom. The Labute approximate surface area is 183 Å². The van der Waals surface area contributed by atoms with Crippen LogP contribution in [0.1, 0.15) is 29.7 Å². The quantitative estimate of drug-likeness (QED) is 0.559. The summed E-state index contributed by atoms with van der Waals surface area (Å²) in [6.07, 6.45) is -1.69. The van der Waals surface area contributed by atoms with Crippen LogP contribution >= 0.6 is 0 Å². The first-order valence-electron chi connectivity index (χ1n) is 10.4. The van der Waals surface area contributed by atoms with E-state index in [9.17, 15) is 13.2 Å². The Balaban J connectivity index is 1.73. The van der Waals surface area contributed by atoms with Gasteiger partial charge in [-0.3, -0.25) is 0 Å². The summed E-state index contributed by atoms with van der Waals surface area (Å²) in [7, 11) is 0. The molecular formula is C22H23F3N6O. The summed E-state index contributed by atoms with van der Waals surface area (Å²) in [4.78, 5) is 16.7. The van der Waals surface area contributed by atoms with E-state index in [2.05, 4.69) is 36.6 Å². The number of fused-ring (bicyclic) bond motifs is 4. The van der Waals surface area contributed by atoms with Gasteiger partial charge < -0.3 is 15.4 Å². The molecule has 2 N–H and O–H groups in total. The van der Waals surface area contributed by atoms with Crippen LogP contribution in [0, 0.1) is 6.92 Å². The molecule has 0 saturated carbocycles. The molecule has 0 saturated heterocycles. The van der Waals surface area contributed by atoms with Crippen LogP contribution < -0.4 is 10.6 Å². The molecule has 32 heavy (non-hydrogen) atoms. The zero-order valence-electron chi connectivity index (χ0n) is 17.5. The maximum Gasteiger partial charge on any atom is 0.433 e. The summed E-state index contributed by atoms with van der Waals surface area (Å²) in [5.74, 6) is 0.473. The molecule has 0 radical (unpaired) electrons. The van der Waals surface area contributed by atoms with Crippen molar-refractivity contribution in [3.05, 3.63) is 53.2 Å². The van der Waals surface area contributed by atoms with Crippen molar-refractivity contribution in [2.75, 3.05) is 30.4 Å². The Kier molecular flexibility index (Phi) is 6.50. The maximum absolute atomic E-state index is 13.1. The SMILES string of the molecule is Cc1cc2cc(c1)Nc1nc(nc(-c3cccc(C(F)(F)F)n3)n1)NCCOCCCC2. The predicted molar refractivity (Wildman–Crippen MR) is 115 cm³/mol. The Bertz CT molecular complexity index is 1090. The minimum Gasteiger partial charge on any atom is -0.380 e. The summed E-state index contributed by atoms with van der Waals surface area (Å²) >= 11 is 0. The molecule has 1 aliphatic heterocycles. The molecule has 0 unspecified atom stereocenters. The van der Waals surface area contributed by atoms with Gasteiger partial charge in [-0.05, 0) is 61.6 Å². The molecular weight excluding hydrogens is 421 g/mol. The highest BCUT2D eigenvalue weighted by Gasteiger charge is 2.32. The number of hydrogen-bond acceptors (Lipinski definition) is 7. The van der Waals surface area contributed by atoms with Crippen molar-refractivity contribution in [1.82, 2.24) is 19.9 Å². The van der Waals surface area contributed by atoms with Gasteiger partial charge in [0, 0.05) is 18.8 Å². The topological polar surface area (TPSA) is 84.9 Å². The zero-order valence-corrected chi connectivity index (χ0v) is 17.5.